The van der Waals surface area contributed by atoms with Gasteiger partial charge in [-0.3, -0.25) is 9.80 Å². The number of benzene rings is 1. The fraction of sp³-hybridized carbons (Fsp3) is 0.500. The van der Waals surface area contributed by atoms with Gasteiger partial charge in [-0.05, 0) is 42.5 Å². The molecule has 1 aliphatic heterocycles. The van der Waals surface area contributed by atoms with Gasteiger partial charge in [0.1, 0.15) is 0 Å². The molecule has 6 heteroatoms. The molecule has 2 N–H and O–H groups in total. The van der Waals surface area contributed by atoms with E-state index in [1.807, 2.05) is 19.1 Å². The third-order valence-corrected chi connectivity index (χ3v) is 5.68. The molecule has 0 bridgehead atoms. The Kier molecular flexibility index (Phi) is 6.91. The molecule has 5 nitrogen and oxygen atoms in total. The molecule has 0 aliphatic carbocycles. The van der Waals surface area contributed by atoms with E-state index in [9.17, 15) is 10.2 Å². The Morgan fingerprint density at radius 1 is 1.23 bits per heavy atom. The number of aliphatic hydroxyl groups is 1. The van der Waals surface area contributed by atoms with Crippen molar-refractivity contribution in [3.05, 3.63) is 46.2 Å². The minimum atomic E-state index is 0.189. The first-order valence-electron chi connectivity index (χ1n) is 9.24. The van der Waals surface area contributed by atoms with E-state index >= 15 is 0 Å². The lowest BCUT2D eigenvalue weighted by molar-refractivity contribution is 0.0506. The summed E-state index contributed by atoms with van der Waals surface area (Å²) in [4.78, 5) is 6.29. The zero-order chi connectivity index (χ0) is 18.4. The quantitative estimate of drug-likeness (QED) is 0.742. The van der Waals surface area contributed by atoms with Gasteiger partial charge >= 0.3 is 0 Å². The second-order valence-corrected chi connectivity index (χ2v) is 7.72. The van der Waals surface area contributed by atoms with Gasteiger partial charge < -0.3 is 14.9 Å². The highest BCUT2D eigenvalue weighted by molar-refractivity contribution is 7.09. The molecule has 1 saturated heterocycles. The number of hydrogen-bond acceptors (Lipinski definition) is 6. The lowest BCUT2D eigenvalue weighted by atomic mass is 10.1. The van der Waals surface area contributed by atoms with Crippen molar-refractivity contribution in [2.24, 2.45) is 0 Å². The monoisotopic (exact) mass is 376 g/mol. The molecule has 0 amide bonds. The second-order valence-electron chi connectivity index (χ2n) is 6.69. The number of ether oxygens (including phenoxy) is 1. The molecule has 0 radical (unpaired) electrons. The lowest BCUT2D eigenvalue weighted by Crippen LogP contribution is -2.52. The van der Waals surface area contributed by atoms with Crippen LogP contribution in [-0.2, 0) is 13.1 Å². The summed E-state index contributed by atoms with van der Waals surface area (Å²) in [7, 11) is 0. The molecule has 2 aromatic rings. The van der Waals surface area contributed by atoms with E-state index in [1.54, 1.807) is 17.4 Å². The molecule has 142 valence electrons. The average molecular weight is 377 g/mol. The average Bonchev–Trinajstić information content (AvgIpc) is 3.14. The fourth-order valence-electron chi connectivity index (χ4n) is 3.52. The van der Waals surface area contributed by atoms with Gasteiger partial charge in [-0.25, -0.2) is 0 Å². The van der Waals surface area contributed by atoms with Gasteiger partial charge in [0.15, 0.2) is 11.5 Å². The summed E-state index contributed by atoms with van der Waals surface area (Å²) in [6.45, 7) is 7.40. The Hall–Kier alpha value is -1.60. The van der Waals surface area contributed by atoms with Crippen LogP contribution in [0.25, 0.3) is 0 Å². The van der Waals surface area contributed by atoms with Crippen LogP contribution in [0.1, 0.15) is 23.8 Å². The number of aromatic hydroxyl groups is 1. The number of aliphatic hydroxyl groups excluding tert-OH is 1. The van der Waals surface area contributed by atoms with Crippen LogP contribution in [0, 0.1) is 0 Å². The van der Waals surface area contributed by atoms with Crippen molar-refractivity contribution in [2.75, 3.05) is 32.8 Å². The highest BCUT2D eigenvalue weighted by Gasteiger charge is 2.27. The largest absolute Gasteiger partial charge is 0.504 e. The highest BCUT2D eigenvalue weighted by Crippen LogP contribution is 2.28. The maximum Gasteiger partial charge on any atom is 0.161 e. The molecule has 1 aromatic heterocycles. The molecule has 1 atom stereocenters. The van der Waals surface area contributed by atoms with Crippen molar-refractivity contribution < 1.29 is 14.9 Å². The first-order valence-corrected chi connectivity index (χ1v) is 10.1. The van der Waals surface area contributed by atoms with Crippen molar-refractivity contribution in [2.45, 2.75) is 32.5 Å². The third kappa shape index (κ3) is 4.98. The highest BCUT2D eigenvalue weighted by atomic mass is 32.1. The number of rotatable bonds is 8. The Morgan fingerprint density at radius 3 is 2.85 bits per heavy atom. The molecule has 1 aromatic carbocycles. The van der Waals surface area contributed by atoms with Crippen LogP contribution < -0.4 is 4.74 Å². The van der Waals surface area contributed by atoms with Crippen molar-refractivity contribution in [3.63, 3.8) is 0 Å². The van der Waals surface area contributed by atoms with Crippen LogP contribution >= 0.6 is 11.3 Å². The zero-order valence-corrected chi connectivity index (χ0v) is 16.1. The fourth-order valence-corrected chi connectivity index (χ4v) is 4.25. The molecular weight excluding hydrogens is 348 g/mol. The molecule has 1 fully saturated rings. The topological polar surface area (TPSA) is 56.2 Å². The number of hydrogen-bond donors (Lipinski definition) is 2. The lowest BCUT2D eigenvalue weighted by Gasteiger charge is -2.41. The molecule has 2 heterocycles. The summed E-state index contributed by atoms with van der Waals surface area (Å²) in [6.07, 6.45) is 0.793. The smallest absolute Gasteiger partial charge is 0.161 e. The van der Waals surface area contributed by atoms with Crippen molar-refractivity contribution >= 4 is 11.3 Å². The third-order valence-electron chi connectivity index (χ3n) is 4.82. The Morgan fingerprint density at radius 2 is 2.12 bits per heavy atom. The SMILES string of the molecule is CCOc1cc(CN2CCN(Cc3cccs3)C(CCO)C2)ccc1O. The second kappa shape index (κ2) is 9.37. The molecular formula is C20H28N2O3S. The zero-order valence-electron chi connectivity index (χ0n) is 15.3. The van der Waals surface area contributed by atoms with Crippen LogP contribution in [0.4, 0.5) is 0 Å². The van der Waals surface area contributed by atoms with Gasteiger partial charge in [-0.1, -0.05) is 12.1 Å². The molecule has 1 aliphatic rings. The van der Waals surface area contributed by atoms with E-state index in [2.05, 4.69) is 27.3 Å². The minimum absolute atomic E-state index is 0.189. The first kappa shape index (κ1) is 19.2. The standard InChI is InChI=1S/C20H28N2O3S/c1-2-25-20-12-16(5-6-19(20)24)13-21-8-9-22(17(14-21)7-10-23)15-18-4-3-11-26-18/h3-6,11-12,17,23-24H,2,7-10,13-15H2,1H3. The first-order chi connectivity index (χ1) is 12.7. The predicted octanol–water partition coefficient (Wildman–Crippen LogP) is 2.92. The Labute approximate surface area is 159 Å². The Balaban J connectivity index is 1.62. The number of phenols is 1. The minimum Gasteiger partial charge on any atom is -0.504 e. The van der Waals surface area contributed by atoms with E-state index in [1.165, 1.54) is 4.88 Å². The van der Waals surface area contributed by atoms with E-state index in [0.717, 1.165) is 44.7 Å². The van der Waals surface area contributed by atoms with Gasteiger partial charge in [0.2, 0.25) is 0 Å². The van der Waals surface area contributed by atoms with E-state index in [0.29, 0.717) is 18.4 Å². The van der Waals surface area contributed by atoms with Crippen molar-refractivity contribution in [1.82, 2.24) is 9.80 Å². The molecule has 3 rings (SSSR count). The van der Waals surface area contributed by atoms with Crippen LogP contribution in [0.15, 0.2) is 35.7 Å². The predicted molar refractivity (Wildman–Crippen MR) is 105 cm³/mol. The van der Waals surface area contributed by atoms with Gasteiger partial charge in [0.05, 0.1) is 6.61 Å². The van der Waals surface area contributed by atoms with Crippen LogP contribution in [0.5, 0.6) is 11.5 Å². The molecule has 1 unspecified atom stereocenters. The van der Waals surface area contributed by atoms with Crippen LogP contribution in [-0.4, -0.2) is 58.9 Å². The van der Waals surface area contributed by atoms with E-state index in [-0.39, 0.29) is 12.4 Å². The van der Waals surface area contributed by atoms with E-state index in [4.69, 9.17) is 4.74 Å². The van der Waals surface area contributed by atoms with Crippen molar-refractivity contribution in [1.29, 1.82) is 0 Å². The normalized spacial score (nSPS) is 18.9. The number of thiophene rings is 1. The number of piperazine rings is 1. The van der Waals surface area contributed by atoms with Gasteiger partial charge in [0.25, 0.3) is 0 Å². The van der Waals surface area contributed by atoms with Gasteiger partial charge in [0, 0.05) is 50.2 Å². The molecule has 26 heavy (non-hydrogen) atoms. The summed E-state index contributed by atoms with van der Waals surface area (Å²) < 4.78 is 5.49. The molecule has 0 saturated carbocycles. The van der Waals surface area contributed by atoms with Gasteiger partial charge in [-0.15, -0.1) is 11.3 Å². The summed E-state index contributed by atoms with van der Waals surface area (Å²) in [5.74, 6) is 0.739. The summed E-state index contributed by atoms with van der Waals surface area (Å²) >= 11 is 1.79. The van der Waals surface area contributed by atoms with E-state index < -0.39 is 0 Å². The maximum atomic E-state index is 9.87. The maximum absolute atomic E-state index is 9.87. The Bertz CT molecular complexity index is 678. The summed E-state index contributed by atoms with van der Waals surface area (Å²) in [5, 5.41) is 21.5. The van der Waals surface area contributed by atoms with Crippen LogP contribution in [0.3, 0.4) is 0 Å². The number of nitrogens with zero attached hydrogens (tertiary/aromatic N) is 2. The van der Waals surface area contributed by atoms with Crippen molar-refractivity contribution in [3.8, 4) is 11.5 Å². The summed E-state index contributed by atoms with van der Waals surface area (Å²) in [5.41, 5.74) is 1.14. The van der Waals surface area contributed by atoms with Crippen LogP contribution in [0.2, 0.25) is 0 Å². The van der Waals surface area contributed by atoms with Gasteiger partial charge in [-0.2, -0.15) is 0 Å². The molecule has 0 spiro atoms. The summed E-state index contributed by atoms with van der Waals surface area (Å²) in [6, 6.07) is 10.2. The number of phenolic OH excluding ortho intramolecular Hbond substituents is 1.